The number of sulfonamides is 1. The third kappa shape index (κ3) is 4.62. The van der Waals surface area contributed by atoms with Crippen LogP contribution in [0.15, 0.2) is 16.3 Å². The molecular formula is C10H14N2O5S2. The lowest BCUT2D eigenvalue weighted by atomic mass is 10.2. The smallest absolute Gasteiger partial charge is 0.321 e. The molecule has 1 amide bonds. The fourth-order valence-electron chi connectivity index (χ4n) is 1.32. The first-order valence-corrected chi connectivity index (χ1v) is 7.62. The number of hydrogen-bond donors (Lipinski definition) is 3. The lowest BCUT2D eigenvalue weighted by Crippen LogP contribution is -2.41. The number of aryl methyl sites for hydroxylation is 1. The number of nitrogens with two attached hydrogens (primary N) is 1. The minimum absolute atomic E-state index is 0.0373. The number of hydrogen-bond acceptors (Lipinski definition) is 5. The maximum atomic E-state index is 11.9. The van der Waals surface area contributed by atoms with Crippen LogP contribution in [-0.2, 0) is 19.6 Å². The van der Waals surface area contributed by atoms with E-state index in [0.717, 1.165) is 16.2 Å². The highest BCUT2D eigenvalue weighted by molar-refractivity contribution is 7.91. The van der Waals surface area contributed by atoms with E-state index in [-0.39, 0.29) is 17.1 Å². The molecule has 0 saturated carbocycles. The molecule has 0 bridgehead atoms. The first-order chi connectivity index (χ1) is 8.72. The van der Waals surface area contributed by atoms with Crippen molar-refractivity contribution in [2.24, 2.45) is 5.73 Å². The van der Waals surface area contributed by atoms with Crippen LogP contribution >= 0.6 is 11.3 Å². The van der Waals surface area contributed by atoms with Gasteiger partial charge in [-0.2, -0.15) is 4.72 Å². The summed E-state index contributed by atoms with van der Waals surface area (Å²) in [6.45, 7) is 1.74. The highest BCUT2D eigenvalue weighted by Crippen LogP contribution is 2.21. The van der Waals surface area contributed by atoms with Gasteiger partial charge in [-0.15, -0.1) is 11.3 Å². The monoisotopic (exact) mass is 306 g/mol. The summed E-state index contributed by atoms with van der Waals surface area (Å²) in [5, 5.41) is 8.93. The van der Waals surface area contributed by atoms with Gasteiger partial charge in [-0.05, 0) is 25.5 Å². The zero-order valence-corrected chi connectivity index (χ0v) is 11.8. The van der Waals surface area contributed by atoms with Gasteiger partial charge in [0.2, 0.25) is 5.91 Å². The molecule has 1 aromatic heterocycles. The molecule has 0 saturated heterocycles. The van der Waals surface area contributed by atoms with Gasteiger partial charge >= 0.3 is 5.97 Å². The van der Waals surface area contributed by atoms with Crippen LogP contribution in [0.3, 0.4) is 0 Å². The number of carbonyl (C=O) groups excluding carboxylic acids is 1. The second-order valence-corrected chi connectivity index (χ2v) is 7.11. The number of amides is 1. The number of primary amides is 1. The Morgan fingerprint density at radius 3 is 2.53 bits per heavy atom. The summed E-state index contributed by atoms with van der Waals surface area (Å²) in [7, 11) is -3.90. The van der Waals surface area contributed by atoms with E-state index in [1.165, 1.54) is 6.07 Å². The van der Waals surface area contributed by atoms with Crippen molar-refractivity contribution in [2.45, 2.75) is 30.0 Å². The van der Waals surface area contributed by atoms with Crippen LogP contribution in [-0.4, -0.2) is 31.4 Å². The number of carboxylic acid groups (broad SMARTS) is 1. The van der Waals surface area contributed by atoms with Gasteiger partial charge in [0, 0.05) is 11.3 Å². The fourth-order valence-corrected chi connectivity index (χ4v) is 3.84. The zero-order chi connectivity index (χ0) is 14.6. The Balaban J connectivity index is 2.84. The molecule has 0 unspecified atom stereocenters. The second kappa shape index (κ2) is 6.13. The van der Waals surface area contributed by atoms with E-state index in [2.05, 4.69) is 4.72 Å². The van der Waals surface area contributed by atoms with Crippen LogP contribution < -0.4 is 10.5 Å². The topological polar surface area (TPSA) is 127 Å². The predicted octanol–water partition coefficient (Wildman–Crippen LogP) is 0.0535. The van der Waals surface area contributed by atoms with E-state index in [1.807, 2.05) is 0 Å². The van der Waals surface area contributed by atoms with Crippen LogP contribution in [0.2, 0.25) is 0 Å². The van der Waals surface area contributed by atoms with Gasteiger partial charge in [-0.1, -0.05) is 0 Å². The van der Waals surface area contributed by atoms with Crippen LogP contribution in [0.4, 0.5) is 0 Å². The fraction of sp³-hybridized carbons (Fsp3) is 0.400. The van der Waals surface area contributed by atoms with Gasteiger partial charge in [0.25, 0.3) is 10.0 Å². The molecule has 1 heterocycles. The number of carboxylic acids is 1. The van der Waals surface area contributed by atoms with Crippen molar-refractivity contribution in [3.63, 3.8) is 0 Å². The normalized spacial score (nSPS) is 13.1. The largest absolute Gasteiger partial charge is 0.480 e. The van der Waals surface area contributed by atoms with Crippen LogP contribution in [0.1, 0.15) is 17.7 Å². The first-order valence-electron chi connectivity index (χ1n) is 5.32. The minimum Gasteiger partial charge on any atom is -0.480 e. The molecule has 1 aromatic rings. The molecule has 106 valence electrons. The highest BCUT2D eigenvalue weighted by atomic mass is 32.2. The number of aliphatic carboxylic acids is 1. The van der Waals surface area contributed by atoms with Crippen molar-refractivity contribution in [1.82, 2.24) is 4.72 Å². The SMILES string of the molecule is Cc1ccc(S(=O)(=O)N[C@@H](CCC(N)=O)C(=O)O)s1. The second-order valence-electron chi connectivity index (χ2n) is 3.88. The van der Waals surface area contributed by atoms with Gasteiger partial charge in [0.05, 0.1) is 0 Å². The van der Waals surface area contributed by atoms with Gasteiger partial charge in [-0.3, -0.25) is 9.59 Å². The van der Waals surface area contributed by atoms with Gasteiger partial charge in [0.1, 0.15) is 10.3 Å². The highest BCUT2D eigenvalue weighted by Gasteiger charge is 2.26. The molecule has 0 aliphatic heterocycles. The average molecular weight is 306 g/mol. The van der Waals surface area contributed by atoms with Crippen molar-refractivity contribution >= 4 is 33.2 Å². The van der Waals surface area contributed by atoms with Crippen molar-refractivity contribution in [3.8, 4) is 0 Å². The molecule has 0 aromatic carbocycles. The molecular weight excluding hydrogens is 292 g/mol. The first kappa shape index (κ1) is 15.6. The van der Waals surface area contributed by atoms with Gasteiger partial charge in [0.15, 0.2) is 0 Å². The molecule has 1 atom stereocenters. The number of rotatable bonds is 7. The van der Waals surface area contributed by atoms with Crippen LogP contribution in [0.5, 0.6) is 0 Å². The van der Waals surface area contributed by atoms with Crippen molar-refractivity contribution in [2.75, 3.05) is 0 Å². The van der Waals surface area contributed by atoms with Gasteiger partial charge in [-0.25, -0.2) is 8.42 Å². The Hall–Kier alpha value is -1.45. The van der Waals surface area contributed by atoms with E-state index < -0.39 is 27.9 Å². The third-order valence-electron chi connectivity index (χ3n) is 2.26. The van der Waals surface area contributed by atoms with E-state index in [1.54, 1.807) is 13.0 Å². The Kier molecular flexibility index (Phi) is 5.04. The molecule has 0 radical (unpaired) electrons. The maximum Gasteiger partial charge on any atom is 0.321 e. The summed E-state index contributed by atoms with van der Waals surface area (Å²) >= 11 is 1.04. The summed E-state index contributed by atoms with van der Waals surface area (Å²) in [5.41, 5.74) is 4.91. The zero-order valence-electron chi connectivity index (χ0n) is 10.1. The molecule has 7 nitrogen and oxygen atoms in total. The third-order valence-corrected chi connectivity index (χ3v) is 5.22. The van der Waals surface area contributed by atoms with Crippen molar-refractivity contribution < 1.29 is 23.1 Å². The molecule has 0 fully saturated rings. The molecule has 0 aliphatic rings. The van der Waals surface area contributed by atoms with Crippen LogP contribution in [0, 0.1) is 6.92 Å². The summed E-state index contributed by atoms with van der Waals surface area (Å²) in [6, 6.07) is 1.65. The van der Waals surface area contributed by atoms with E-state index in [4.69, 9.17) is 10.8 Å². The summed E-state index contributed by atoms with van der Waals surface area (Å²) in [4.78, 5) is 22.4. The lowest BCUT2D eigenvalue weighted by Gasteiger charge is -2.12. The Morgan fingerprint density at radius 2 is 2.11 bits per heavy atom. The number of nitrogens with one attached hydrogen (secondary N) is 1. The predicted molar refractivity (Wildman–Crippen MR) is 69.2 cm³/mol. The molecule has 0 aliphatic carbocycles. The Morgan fingerprint density at radius 1 is 1.47 bits per heavy atom. The molecule has 19 heavy (non-hydrogen) atoms. The summed E-state index contributed by atoms with van der Waals surface area (Å²) in [5.74, 6) is -2.03. The van der Waals surface area contributed by atoms with E-state index in [9.17, 15) is 18.0 Å². The summed E-state index contributed by atoms with van der Waals surface area (Å²) < 4.78 is 25.9. The maximum absolute atomic E-state index is 11.9. The molecule has 9 heteroatoms. The molecule has 1 rings (SSSR count). The average Bonchev–Trinajstić information content (AvgIpc) is 2.71. The van der Waals surface area contributed by atoms with E-state index in [0.29, 0.717) is 0 Å². The Bertz CT molecular complexity index is 578. The quantitative estimate of drug-likeness (QED) is 0.656. The standard InChI is InChI=1S/C10H14N2O5S2/c1-6-2-5-9(18-6)19(16,17)12-7(10(14)15)3-4-8(11)13/h2,5,7,12H,3-4H2,1H3,(H2,11,13)(H,14,15)/t7-/m0/s1. The van der Waals surface area contributed by atoms with E-state index >= 15 is 0 Å². The summed E-state index contributed by atoms with van der Waals surface area (Å²) in [6.07, 6.45) is -0.392. The minimum atomic E-state index is -3.90. The lowest BCUT2D eigenvalue weighted by molar-refractivity contribution is -0.139. The number of carbonyl (C=O) groups is 2. The van der Waals surface area contributed by atoms with Crippen LogP contribution in [0.25, 0.3) is 0 Å². The van der Waals surface area contributed by atoms with Crippen molar-refractivity contribution in [1.29, 1.82) is 0 Å². The van der Waals surface area contributed by atoms with Crippen molar-refractivity contribution in [3.05, 3.63) is 17.0 Å². The number of thiophene rings is 1. The molecule has 4 N–H and O–H groups in total. The molecule has 0 spiro atoms. The van der Waals surface area contributed by atoms with Gasteiger partial charge < -0.3 is 10.8 Å². The Labute approximate surface area is 114 Å².